The quantitative estimate of drug-likeness (QED) is 0.459. The van der Waals surface area contributed by atoms with Crippen LogP contribution in [0.25, 0.3) is 0 Å². The molecule has 0 spiro atoms. The highest BCUT2D eigenvalue weighted by molar-refractivity contribution is 6.31. The molecule has 0 atom stereocenters. The predicted molar refractivity (Wildman–Crippen MR) is 106 cm³/mol. The summed E-state index contributed by atoms with van der Waals surface area (Å²) in [6.45, 7) is -0.0734. The summed E-state index contributed by atoms with van der Waals surface area (Å²) in [6.07, 6.45) is 4.38. The fraction of sp³-hybridized carbons (Fsp3) is 0.0500. The summed E-state index contributed by atoms with van der Waals surface area (Å²) in [7, 11) is 0. The van der Waals surface area contributed by atoms with Gasteiger partial charge in [-0.1, -0.05) is 29.3 Å². The molecule has 0 fully saturated rings. The van der Waals surface area contributed by atoms with Crippen molar-refractivity contribution in [2.45, 2.75) is 6.61 Å². The van der Waals surface area contributed by atoms with Crippen molar-refractivity contribution in [3.8, 4) is 5.75 Å². The Labute approximate surface area is 170 Å². The first kappa shape index (κ1) is 19.8. The SMILES string of the molecule is O=C(N/N=C/c1cc(Cl)ccc1OCc1c(F)cccc1Cl)c1cccnc1. The van der Waals surface area contributed by atoms with Gasteiger partial charge in [-0.2, -0.15) is 5.10 Å². The first-order valence-electron chi connectivity index (χ1n) is 8.13. The standard InChI is InChI=1S/C20H14Cl2FN3O2/c21-15-6-7-19(28-12-16-17(22)4-1-5-18(16)23)14(9-15)11-25-26-20(27)13-3-2-8-24-10-13/h1-11H,12H2,(H,26,27)/b25-11+. The van der Waals surface area contributed by atoms with E-state index in [9.17, 15) is 9.18 Å². The van der Waals surface area contributed by atoms with Crippen molar-refractivity contribution >= 4 is 35.3 Å². The number of ether oxygens (including phenoxy) is 1. The number of pyridine rings is 1. The van der Waals surface area contributed by atoms with Gasteiger partial charge in [-0.25, -0.2) is 9.82 Å². The summed E-state index contributed by atoms with van der Waals surface area (Å²) in [4.78, 5) is 15.9. The van der Waals surface area contributed by atoms with Crippen LogP contribution in [0.2, 0.25) is 10.0 Å². The van der Waals surface area contributed by atoms with Crippen molar-refractivity contribution in [2.24, 2.45) is 5.10 Å². The second-order valence-electron chi connectivity index (χ2n) is 5.61. The van der Waals surface area contributed by atoms with Crippen molar-refractivity contribution in [1.29, 1.82) is 0 Å². The van der Waals surface area contributed by atoms with Crippen LogP contribution in [0.4, 0.5) is 4.39 Å². The van der Waals surface area contributed by atoms with Gasteiger partial charge in [-0.05, 0) is 42.5 Å². The minimum absolute atomic E-state index is 0.0734. The van der Waals surface area contributed by atoms with E-state index in [0.29, 0.717) is 21.9 Å². The summed E-state index contributed by atoms with van der Waals surface area (Å²) in [5, 5.41) is 4.64. The number of hydrazone groups is 1. The van der Waals surface area contributed by atoms with Crippen LogP contribution in [-0.4, -0.2) is 17.1 Å². The molecule has 0 saturated heterocycles. The molecule has 1 amide bonds. The van der Waals surface area contributed by atoms with Gasteiger partial charge in [0.1, 0.15) is 18.2 Å². The van der Waals surface area contributed by atoms with Gasteiger partial charge in [0.15, 0.2) is 0 Å². The van der Waals surface area contributed by atoms with Crippen LogP contribution in [-0.2, 0) is 6.61 Å². The van der Waals surface area contributed by atoms with Crippen molar-refractivity contribution in [1.82, 2.24) is 10.4 Å². The zero-order valence-corrected chi connectivity index (χ0v) is 15.9. The Morgan fingerprint density at radius 2 is 2.07 bits per heavy atom. The summed E-state index contributed by atoms with van der Waals surface area (Å²) >= 11 is 12.0. The van der Waals surface area contributed by atoms with Gasteiger partial charge >= 0.3 is 0 Å². The van der Waals surface area contributed by atoms with E-state index in [-0.39, 0.29) is 17.2 Å². The van der Waals surface area contributed by atoms with E-state index in [4.69, 9.17) is 27.9 Å². The van der Waals surface area contributed by atoms with Crippen molar-refractivity contribution in [3.05, 3.63) is 93.5 Å². The van der Waals surface area contributed by atoms with Crippen LogP contribution >= 0.6 is 23.2 Å². The molecule has 0 aliphatic rings. The molecule has 0 saturated carbocycles. The molecular weight excluding hydrogens is 404 g/mol. The van der Waals surface area contributed by atoms with Gasteiger partial charge < -0.3 is 4.74 Å². The number of carbonyl (C=O) groups excluding carboxylic acids is 1. The Kier molecular flexibility index (Phi) is 6.57. The summed E-state index contributed by atoms with van der Waals surface area (Å²) < 4.78 is 19.6. The molecular formula is C20H14Cl2FN3O2. The van der Waals surface area contributed by atoms with Crippen LogP contribution in [0.15, 0.2) is 66.0 Å². The number of carbonyl (C=O) groups is 1. The highest BCUT2D eigenvalue weighted by Crippen LogP contribution is 2.25. The van der Waals surface area contributed by atoms with Crippen LogP contribution in [0, 0.1) is 5.82 Å². The molecule has 142 valence electrons. The van der Waals surface area contributed by atoms with Crippen LogP contribution < -0.4 is 10.2 Å². The van der Waals surface area contributed by atoms with E-state index in [0.717, 1.165) is 0 Å². The number of hydrogen-bond acceptors (Lipinski definition) is 4. The third kappa shape index (κ3) is 5.06. The second kappa shape index (κ2) is 9.30. The van der Waals surface area contributed by atoms with Crippen LogP contribution in [0.1, 0.15) is 21.5 Å². The molecule has 2 aromatic carbocycles. The largest absolute Gasteiger partial charge is 0.488 e. The fourth-order valence-corrected chi connectivity index (χ4v) is 2.69. The summed E-state index contributed by atoms with van der Waals surface area (Å²) in [5.41, 5.74) is 3.52. The molecule has 1 aromatic heterocycles. The van der Waals surface area contributed by atoms with Crippen molar-refractivity contribution < 1.29 is 13.9 Å². The summed E-state index contributed by atoms with van der Waals surface area (Å²) in [6, 6.07) is 12.5. The van der Waals surface area contributed by atoms with Gasteiger partial charge in [-0.3, -0.25) is 9.78 Å². The number of halogens is 3. The van der Waals surface area contributed by atoms with Gasteiger partial charge in [0.25, 0.3) is 5.91 Å². The maximum absolute atomic E-state index is 13.9. The molecule has 0 bridgehead atoms. The first-order chi connectivity index (χ1) is 13.5. The third-order valence-corrected chi connectivity index (χ3v) is 4.29. The minimum atomic E-state index is -0.458. The molecule has 28 heavy (non-hydrogen) atoms. The molecule has 0 unspecified atom stereocenters. The monoisotopic (exact) mass is 417 g/mol. The zero-order valence-electron chi connectivity index (χ0n) is 14.4. The topological polar surface area (TPSA) is 63.6 Å². The average Bonchev–Trinajstić information content (AvgIpc) is 2.69. The molecule has 1 N–H and O–H groups in total. The van der Waals surface area contributed by atoms with Crippen molar-refractivity contribution in [2.75, 3.05) is 0 Å². The van der Waals surface area contributed by atoms with E-state index in [1.165, 1.54) is 24.5 Å². The van der Waals surface area contributed by atoms with Gasteiger partial charge in [0.05, 0.1) is 16.8 Å². The van der Waals surface area contributed by atoms with Crippen LogP contribution in [0.5, 0.6) is 5.75 Å². The normalized spacial score (nSPS) is 10.8. The smallest absolute Gasteiger partial charge is 0.272 e. The number of aromatic nitrogens is 1. The lowest BCUT2D eigenvalue weighted by Crippen LogP contribution is -2.17. The van der Waals surface area contributed by atoms with E-state index in [1.54, 1.807) is 42.6 Å². The Morgan fingerprint density at radius 3 is 2.82 bits per heavy atom. The second-order valence-corrected chi connectivity index (χ2v) is 6.46. The Balaban J connectivity index is 1.73. The first-order valence-corrected chi connectivity index (χ1v) is 8.89. The lowest BCUT2D eigenvalue weighted by atomic mass is 10.2. The number of rotatable bonds is 6. The molecule has 0 aliphatic heterocycles. The Morgan fingerprint density at radius 1 is 1.21 bits per heavy atom. The van der Waals surface area contributed by atoms with E-state index in [2.05, 4.69) is 15.5 Å². The number of nitrogens with one attached hydrogen (secondary N) is 1. The molecule has 3 aromatic rings. The number of benzene rings is 2. The zero-order chi connectivity index (χ0) is 19.9. The predicted octanol–water partition coefficient (Wildman–Crippen LogP) is 4.87. The summed E-state index contributed by atoms with van der Waals surface area (Å²) in [5.74, 6) is -0.463. The molecule has 8 heteroatoms. The Hall–Kier alpha value is -2.96. The number of nitrogens with zero attached hydrogens (tertiary/aromatic N) is 2. The third-order valence-electron chi connectivity index (χ3n) is 3.70. The van der Waals surface area contributed by atoms with Gasteiger partial charge in [0.2, 0.25) is 0 Å². The lowest BCUT2D eigenvalue weighted by Gasteiger charge is -2.11. The minimum Gasteiger partial charge on any atom is -0.488 e. The van der Waals surface area contributed by atoms with E-state index < -0.39 is 11.7 Å². The molecule has 0 radical (unpaired) electrons. The van der Waals surface area contributed by atoms with Gasteiger partial charge in [0, 0.05) is 28.5 Å². The molecule has 0 aliphatic carbocycles. The number of hydrogen-bond donors (Lipinski definition) is 1. The van der Waals surface area contributed by atoms with Gasteiger partial charge in [-0.15, -0.1) is 0 Å². The highest BCUT2D eigenvalue weighted by Gasteiger charge is 2.10. The molecule has 3 rings (SSSR count). The van der Waals surface area contributed by atoms with Crippen molar-refractivity contribution in [3.63, 3.8) is 0 Å². The average molecular weight is 418 g/mol. The highest BCUT2D eigenvalue weighted by atomic mass is 35.5. The van der Waals surface area contributed by atoms with E-state index >= 15 is 0 Å². The number of amides is 1. The fourth-order valence-electron chi connectivity index (χ4n) is 2.29. The molecule has 1 heterocycles. The maximum Gasteiger partial charge on any atom is 0.272 e. The maximum atomic E-state index is 13.9. The van der Waals surface area contributed by atoms with E-state index in [1.807, 2.05) is 0 Å². The molecule has 5 nitrogen and oxygen atoms in total. The Bertz CT molecular complexity index is 993. The lowest BCUT2D eigenvalue weighted by molar-refractivity contribution is 0.0954. The van der Waals surface area contributed by atoms with Crippen LogP contribution in [0.3, 0.4) is 0 Å².